The van der Waals surface area contributed by atoms with Crippen LogP contribution in [0, 0.1) is 0 Å². The van der Waals surface area contributed by atoms with Crippen molar-refractivity contribution in [1.82, 2.24) is 4.90 Å². The zero-order valence-corrected chi connectivity index (χ0v) is 19.3. The van der Waals surface area contributed by atoms with Gasteiger partial charge in [-0.05, 0) is 53.1 Å². The summed E-state index contributed by atoms with van der Waals surface area (Å²) in [5.41, 5.74) is 2.48. The second-order valence-electron chi connectivity index (χ2n) is 7.49. The average molecular weight is 469 g/mol. The summed E-state index contributed by atoms with van der Waals surface area (Å²) in [5, 5.41) is 2.34. The van der Waals surface area contributed by atoms with Crippen LogP contribution in [0.25, 0.3) is 6.08 Å². The number of thioether (sulfide) groups is 1. The lowest BCUT2D eigenvalue weighted by Crippen LogP contribution is -2.34. The van der Waals surface area contributed by atoms with Crippen LogP contribution in [0.1, 0.15) is 30.9 Å². The van der Waals surface area contributed by atoms with E-state index in [0.29, 0.717) is 11.3 Å². The molecule has 33 heavy (non-hydrogen) atoms. The van der Waals surface area contributed by atoms with Crippen LogP contribution < -0.4 is 10.1 Å². The van der Waals surface area contributed by atoms with Gasteiger partial charge >= 0.3 is 5.97 Å². The Morgan fingerprint density at radius 1 is 1.09 bits per heavy atom. The first kappa shape index (κ1) is 24.1. The van der Waals surface area contributed by atoms with Gasteiger partial charge in [-0.25, -0.2) is 0 Å². The molecule has 2 aromatic rings. The number of carbonyl (C=O) groups excluding carboxylic acids is 4. The summed E-state index contributed by atoms with van der Waals surface area (Å²) in [6.07, 6.45) is 1.56. The molecule has 0 spiro atoms. The molecule has 1 aliphatic rings. The summed E-state index contributed by atoms with van der Waals surface area (Å²) in [7, 11) is 1.19. The second kappa shape index (κ2) is 10.8. The molecule has 3 amide bonds. The molecule has 1 aliphatic heterocycles. The SMILES string of the molecule is COC(=O)CN1C(=O)S/C(=C\c2ccc(OCC(=O)Nc3ccccc3C(C)C)cc2)C1=O. The van der Waals surface area contributed by atoms with E-state index in [2.05, 4.69) is 23.9 Å². The number of carbonyl (C=O) groups is 4. The maximum Gasteiger partial charge on any atom is 0.325 e. The molecule has 0 aromatic heterocycles. The van der Waals surface area contributed by atoms with Crippen molar-refractivity contribution in [2.45, 2.75) is 19.8 Å². The summed E-state index contributed by atoms with van der Waals surface area (Å²) in [5.74, 6) is -0.729. The van der Waals surface area contributed by atoms with Crippen molar-refractivity contribution in [3.8, 4) is 5.75 Å². The van der Waals surface area contributed by atoms with Crippen molar-refractivity contribution < 1.29 is 28.7 Å². The summed E-state index contributed by atoms with van der Waals surface area (Å²) in [4.78, 5) is 49.1. The average Bonchev–Trinajstić information content (AvgIpc) is 3.06. The summed E-state index contributed by atoms with van der Waals surface area (Å²) < 4.78 is 10.1. The Hall–Kier alpha value is -3.59. The van der Waals surface area contributed by atoms with Crippen LogP contribution in [0.5, 0.6) is 5.75 Å². The number of nitrogens with one attached hydrogen (secondary N) is 1. The van der Waals surface area contributed by atoms with Crippen LogP contribution in [-0.2, 0) is 19.1 Å². The Balaban J connectivity index is 1.58. The van der Waals surface area contributed by atoms with Crippen LogP contribution in [0.15, 0.2) is 53.4 Å². The molecule has 2 aromatic carbocycles. The van der Waals surface area contributed by atoms with Crippen molar-refractivity contribution in [2.75, 3.05) is 25.6 Å². The van der Waals surface area contributed by atoms with Gasteiger partial charge < -0.3 is 14.8 Å². The van der Waals surface area contributed by atoms with Crippen LogP contribution in [0.2, 0.25) is 0 Å². The van der Waals surface area contributed by atoms with Crippen LogP contribution >= 0.6 is 11.8 Å². The highest BCUT2D eigenvalue weighted by molar-refractivity contribution is 8.18. The number of nitrogens with zero attached hydrogens (tertiary/aromatic N) is 1. The summed E-state index contributed by atoms with van der Waals surface area (Å²) in [6.45, 7) is 3.54. The second-order valence-corrected chi connectivity index (χ2v) is 8.49. The van der Waals surface area contributed by atoms with E-state index >= 15 is 0 Å². The predicted octanol–water partition coefficient (Wildman–Crippen LogP) is 4.04. The van der Waals surface area contributed by atoms with Gasteiger partial charge in [0.15, 0.2) is 6.61 Å². The standard InChI is InChI=1S/C24H24N2O6S/c1-15(2)18-6-4-5-7-19(18)25-21(27)14-32-17-10-8-16(9-11-17)12-20-23(29)26(24(30)33-20)13-22(28)31-3/h4-12,15H,13-14H2,1-3H3,(H,25,27)/b20-12-. The van der Waals surface area contributed by atoms with Gasteiger partial charge in [0.1, 0.15) is 12.3 Å². The number of ether oxygens (including phenoxy) is 2. The molecule has 1 heterocycles. The van der Waals surface area contributed by atoms with Crippen molar-refractivity contribution in [3.05, 3.63) is 64.6 Å². The molecule has 1 fully saturated rings. The molecule has 0 bridgehead atoms. The number of hydrogen-bond acceptors (Lipinski definition) is 7. The fourth-order valence-corrected chi connectivity index (χ4v) is 3.93. The molecule has 0 aliphatic carbocycles. The Morgan fingerprint density at radius 2 is 1.79 bits per heavy atom. The van der Waals surface area contributed by atoms with Crippen LogP contribution in [0.3, 0.4) is 0 Å². The first-order valence-corrected chi connectivity index (χ1v) is 11.0. The lowest BCUT2D eigenvalue weighted by atomic mass is 10.0. The van der Waals surface area contributed by atoms with Gasteiger partial charge in [-0.2, -0.15) is 0 Å². The minimum absolute atomic E-state index is 0.155. The van der Waals surface area contributed by atoms with Crippen molar-refractivity contribution in [3.63, 3.8) is 0 Å². The molecular formula is C24H24N2O6S. The maximum absolute atomic E-state index is 12.4. The molecule has 8 nitrogen and oxygen atoms in total. The van der Waals surface area contributed by atoms with Crippen LogP contribution in [0.4, 0.5) is 10.5 Å². The summed E-state index contributed by atoms with van der Waals surface area (Å²) in [6, 6.07) is 14.4. The molecule has 0 unspecified atom stereocenters. The Labute approximate surface area is 195 Å². The van der Waals surface area contributed by atoms with E-state index in [0.717, 1.165) is 27.9 Å². The maximum atomic E-state index is 12.4. The molecule has 3 rings (SSSR count). The van der Waals surface area contributed by atoms with Gasteiger partial charge in [-0.1, -0.05) is 44.2 Å². The Bertz CT molecular complexity index is 1090. The van der Waals surface area contributed by atoms with Gasteiger partial charge in [0.25, 0.3) is 17.1 Å². The van der Waals surface area contributed by atoms with E-state index in [9.17, 15) is 19.2 Å². The molecule has 1 saturated heterocycles. The number of benzene rings is 2. The van der Waals surface area contributed by atoms with Gasteiger partial charge in [0.05, 0.1) is 12.0 Å². The topological polar surface area (TPSA) is 102 Å². The van der Waals surface area contributed by atoms with Gasteiger partial charge in [0.2, 0.25) is 0 Å². The molecule has 0 atom stereocenters. The molecular weight excluding hydrogens is 444 g/mol. The number of esters is 1. The van der Waals surface area contributed by atoms with Crippen molar-refractivity contribution >= 4 is 46.5 Å². The third kappa shape index (κ3) is 6.23. The predicted molar refractivity (Wildman–Crippen MR) is 126 cm³/mol. The van der Waals surface area contributed by atoms with Crippen LogP contribution in [-0.4, -0.2) is 48.2 Å². The number of amides is 3. The number of imide groups is 1. The monoisotopic (exact) mass is 468 g/mol. The normalized spacial score (nSPS) is 14.7. The highest BCUT2D eigenvalue weighted by Crippen LogP contribution is 2.32. The first-order valence-electron chi connectivity index (χ1n) is 10.2. The number of anilines is 1. The van der Waals surface area contributed by atoms with E-state index in [1.807, 2.05) is 24.3 Å². The smallest absolute Gasteiger partial charge is 0.325 e. The molecule has 0 radical (unpaired) electrons. The number of para-hydroxylation sites is 1. The Kier molecular flexibility index (Phi) is 7.89. The minimum atomic E-state index is -0.670. The molecule has 0 saturated carbocycles. The lowest BCUT2D eigenvalue weighted by molar-refractivity contribution is -0.143. The number of rotatable bonds is 8. The lowest BCUT2D eigenvalue weighted by Gasteiger charge is -2.14. The van der Waals surface area contributed by atoms with E-state index in [-0.39, 0.29) is 23.3 Å². The third-order valence-corrected chi connectivity index (χ3v) is 5.70. The number of methoxy groups -OCH3 is 1. The third-order valence-electron chi connectivity index (χ3n) is 4.79. The largest absolute Gasteiger partial charge is 0.484 e. The molecule has 172 valence electrons. The van der Waals surface area contributed by atoms with E-state index < -0.39 is 23.7 Å². The number of hydrogen-bond donors (Lipinski definition) is 1. The first-order chi connectivity index (χ1) is 15.8. The van der Waals surface area contributed by atoms with Gasteiger partial charge in [0, 0.05) is 5.69 Å². The van der Waals surface area contributed by atoms with E-state index in [4.69, 9.17) is 4.74 Å². The van der Waals surface area contributed by atoms with Crippen molar-refractivity contribution in [2.24, 2.45) is 0 Å². The quantitative estimate of drug-likeness (QED) is 0.461. The molecule has 1 N–H and O–H groups in total. The van der Waals surface area contributed by atoms with E-state index in [1.54, 1.807) is 30.3 Å². The fraction of sp³-hybridized carbons (Fsp3) is 0.250. The van der Waals surface area contributed by atoms with Crippen molar-refractivity contribution in [1.29, 1.82) is 0 Å². The fourth-order valence-electron chi connectivity index (χ4n) is 3.09. The van der Waals surface area contributed by atoms with Gasteiger partial charge in [-0.15, -0.1) is 0 Å². The highest BCUT2D eigenvalue weighted by Gasteiger charge is 2.36. The highest BCUT2D eigenvalue weighted by atomic mass is 32.2. The zero-order chi connectivity index (χ0) is 24.0. The van der Waals surface area contributed by atoms with Gasteiger partial charge in [-0.3, -0.25) is 24.1 Å². The Morgan fingerprint density at radius 3 is 2.45 bits per heavy atom. The van der Waals surface area contributed by atoms with E-state index in [1.165, 1.54) is 7.11 Å². The zero-order valence-electron chi connectivity index (χ0n) is 18.5. The molecule has 9 heteroatoms. The summed E-state index contributed by atoms with van der Waals surface area (Å²) >= 11 is 0.758. The minimum Gasteiger partial charge on any atom is -0.484 e.